The van der Waals surface area contributed by atoms with Gasteiger partial charge in [-0.15, -0.1) is 0 Å². The highest BCUT2D eigenvalue weighted by Crippen LogP contribution is 2.34. The van der Waals surface area contributed by atoms with Crippen LogP contribution in [0.5, 0.6) is 0 Å². The van der Waals surface area contributed by atoms with Crippen LogP contribution < -0.4 is 0 Å². The normalized spacial score (nSPS) is 12.5. The van der Waals surface area contributed by atoms with E-state index in [1.165, 1.54) is 6.07 Å². The van der Waals surface area contributed by atoms with E-state index in [1.54, 1.807) is 24.3 Å². The molecule has 0 saturated carbocycles. The topological polar surface area (TPSA) is 20.2 Å². The Labute approximate surface area is 116 Å². The number of aliphatic hydroxyl groups is 1. The Morgan fingerprint density at radius 1 is 1.11 bits per heavy atom. The van der Waals surface area contributed by atoms with Crippen molar-refractivity contribution in [1.29, 1.82) is 0 Å². The molecule has 1 nitrogen and oxygen atoms in total. The molecule has 0 bridgehead atoms. The van der Waals surface area contributed by atoms with E-state index in [9.17, 15) is 13.9 Å². The summed E-state index contributed by atoms with van der Waals surface area (Å²) in [7, 11) is 0. The van der Waals surface area contributed by atoms with E-state index >= 15 is 0 Å². The number of hydrogen-bond donors (Lipinski definition) is 1. The van der Waals surface area contributed by atoms with Gasteiger partial charge in [0.25, 0.3) is 0 Å². The van der Waals surface area contributed by atoms with Crippen molar-refractivity contribution in [3.05, 3.63) is 68.7 Å². The first-order valence-corrected chi connectivity index (χ1v) is 6.25. The first-order chi connectivity index (χ1) is 8.52. The van der Waals surface area contributed by atoms with Crippen LogP contribution in [0.3, 0.4) is 0 Å². The summed E-state index contributed by atoms with van der Waals surface area (Å²) in [6.45, 7) is 0. The van der Waals surface area contributed by atoms with E-state index in [0.29, 0.717) is 10.0 Å². The summed E-state index contributed by atoms with van der Waals surface area (Å²) >= 11 is 9.06. The number of halogens is 4. The highest BCUT2D eigenvalue weighted by atomic mass is 79.9. The Hall–Kier alpha value is -0.970. The van der Waals surface area contributed by atoms with Gasteiger partial charge in [0.05, 0.1) is 0 Å². The molecule has 2 aromatic carbocycles. The van der Waals surface area contributed by atoms with Gasteiger partial charge in [-0.3, -0.25) is 0 Å². The minimum atomic E-state index is -1.33. The molecule has 0 aromatic heterocycles. The van der Waals surface area contributed by atoms with E-state index in [2.05, 4.69) is 15.9 Å². The molecule has 0 saturated heterocycles. The zero-order chi connectivity index (χ0) is 13.3. The lowest BCUT2D eigenvalue weighted by molar-refractivity contribution is 0.212. The van der Waals surface area contributed by atoms with Crippen LogP contribution in [0.25, 0.3) is 0 Å². The van der Waals surface area contributed by atoms with Gasteiger partial charge in [0.1, 0.15) is 6.10 Å². The Bertz CT molecular complexity index is 589. The van der Waals surface area contributed by atoms with Crippen molar-refractivity contribution in [2.45, 2.75) is 6.10 Å². The van der Waals surface area contributed by atoms with Gasteiger partial charge in [0.2, 0.25) is 0 Å². The monoisotopic (exact) mass is 332 g/mol. The predicted molar refractivity (Wildman–Crippen MR) is 69.6 cm³/mol. The molecular formula is C13H8BrClF2O. The molecule has 2 rings (SSSR count). The molecule has 0 aliphatic heterocycles. The first kappa shape index (κ1) is 13.5. The van der Waals surface area contributed by atoms with Gasteiger partial charge >= 0.3 is 0 Å². The molecule has 0 heterocycles. The fraction of sp³-hybridized carbons (Fsp3) is 0.0769. The number of rotatable bonds is 2. The third-order valence-corrected chi connectivity index (χ3v) is 3.60. The molecule has 1 unspecified atom stereocenters. The summed E-state index contributed by atoms with van der Waals surface area (Å²) in [6, 6.07) is 8.89. The molecule has 0 radical (unpaired) electrons. The third-order valence-electron chi connectivity index (χ3n) is 2.55. The van der Waals surface area contributed by atoms with Gasteiger partial charge < -0.3 is 5.11 Å². The zero-order valence-corrected chi connectivity index (χ0v) is 11.3. The highest BCUT2D eigenvalue weighted by molar-refractivity contribution is 9.10. The largest absolute Gasteiger partial charge is 0.383 e. The van der Waals surface area contributed by atoms with Crippen molar-refractivity contribution >= 4 is 27.5 Å². The molecule has 2 aromatic rings. The second-order valence-corrected chi connectivity index (χ2v) is 4.94. The lowest BCUT2D eigenvalue weighted by Crippen LogP contribution is -2.06. The van der Waals surface area contributed by atoms with Crippen LogP contribution in [0.15, 0.2) is 40.9 Å². The van der Waals surface area contributed by atoms with Gasteiger partial charge in [-0.1, -0.05) is 45.7 Å². The van der Waals surface area contributed by atoms with Crippen LogP contribution in [0.1, 0.15) is 17.2 Å². The summed E-state index contributed by atoms with van der Waals surface area (Å²) in [4.78, 5) is 0. The van der Waals surface area contributed by atoms with E-state index in [0.717, 1.165) is 6.07 Å². The fourth-order valence-electron chi connectivity index (χ4n) is 1.65. The van der Waals surface area contributed by atoms with E-state index in [-0.39, 0.29) is 10.6 Å². The average molecular weight is 334 g/mol. The van der Waals surface area contributed by atoms with Crippen LogP contribution in [0, 0.1) is 11.6 Å². The molecule has 5 heteroatoms. The summed E-state index contributed by atoms with van der Waals surface area (Å²) in [6.07, 6.45) is -1.33. The molecule has 0 aliphatic rings. The maximum Gasteiger partial charge on any atom is 0.166 e. The van der Waals surface area contributed by atoms with Crippen LogP contribution in [0.4, 0.5) is 8.78 Å². The van der Waals surface area contributed by atoms with Crippen LogP contribution in [0.2, 0.25) is 5.02 Å². The van der Waals surface area contributed by atoms with Crippen molar-refractivity contribution < 1.29 is 13.9 Å². The van der Waals surface area contributed by atoms with Crippen LogP contribution in [-0.2, 0) is 0 Å². The quantitative estimate of drug-likeness (QED) is 0.804. The number of benzene rings is 2. The van der Waals surface area contributed by atoms with Gasteiger partial charge in [0.15, 0.2) is 11.6 Å². The molecule has 94 valence electrons. The molecular weight excluding hydrogens is 325 g/mol. The van der Waals surface area contributed by atoms with E-state index < -0.39 is 17.7 Å². The smallest absolute Gasteiger partial charge is 0.166 e. The molecule has 1 atom stereocenters. The van der Waals surface area contributed by atoms with Crippen LogP contribution >= 0.6 is 27.5 Å². The predicted octanol–water partition coefficient (Wildman–Crippen LogP) is 4.46. The molecule has 1 N–H and O–H groups in total. The van der Waals surface area contributed by atoms with Gasteiger partial charge in [0, 0.05) is 15.1 Å². The van der Waals surface area contributed by atoms with Crippen molar-refractivity contribution in [3.63, 3.8) is 0 Å². The van der Waals surface area contributed by atoms with Crippen molar-refractivity contribution in [1.82, 2.24) is 0 Å². The maximum atomic E-state index is 13.7. The first-order valence-electron chi connectivity index (χ1n) is 5.08. The number of aliphatic hydroxyl groups excluding tert-OH is 1. The Morgan fingerprint density at radius 2 is 1.78 bits per heavy atom. The summed E-state index contributed by atoms with van der Waals surface area (Å²) in [5.74, 6) is -2.17. The van der Waals surface area contributed by atoms with Gasteiger partial charge in [-0.25, -0.2) is 8.78 Å². The van der Waals surface area contributed by atoms with Crippen molar-refractivity contribution in [2.24, 2.45) is 0 Å². The minimum absolute atomic E-state index is 0.0165. The molecule has 0 spiro atoms. The second-order valence-electron chi connectivity index (χ2n) is 3.68. The summed E-state index contributed by atoms with van der Waals surface area (Å²) < 4.78 is 27.5. The molecule has 0 amide bonds. The summed E-state index contributed by atoms with van der Waals surface area (Å²) in [5, 5.41) is 10.1. The highest BCUT2D eigenvalue weighted by Gasteiger charge is 2.22. The Morgan fingerprint density at radius 3 is 2.44 bits per heavy atom. The second kappa shape index (κ2) is 5.34. The Balaban J connectivity index is 2.56. The molecule has 0 aliphatic carbocycles. The summed E-state index contributed by atoms with van der Waals surface area (Å²) in [5.41, 5.74) is 0.160. The van der Waals surface area contributed by atoms with Crippen molar-refractivity contribution in [3.8, 4) is 0 Å². The third kappa shape index (κ3) is 2.41. The zero-order valence-electron chi connectivity index (χ0n) is 9.00. The van der Waals surface area contributed by atoms with E-state index in [4.69, 9.17) is 11.6 Å². The van der Waals surface area contributed by atoms with E-state index in [1.807, 2.05) is 0 Å². The number of hydrogen-bond acceptors (Lipinski definition) is 1. The fourth-order valence-corrected chi connectivity index (χ4v) is 2.40. The molecule has 18 heavy (non-hydrogen) atoms. The van der Waals surface area contributed by atoms with Gasteiger partial charge in [-0.2, -0.15) is 0 Å². The van der Waals surface area contributed by atoms with Crippen LogP contribution in [-0.4, -0.2) is 5.11 Å². The minimum Gasteiger partial charge on any atom is -0.383 e. The average Bonchev–Trinajstić information content (AvgIpc) is 2.35. The molecule has 0 fully saturated rings. The lowest BCUT2D eigenvalue weighted by atomic mass is 10.0. The maximum absolute atomic E-state index is 13.7. The van der Waals surface area contributed by atoms with Gasteiger partial charge in [-0.05, 0) is 23.8 Å². The Kier molecular flexibility index (Phi) is 4.00. The SMILES string of the molecule is OC(c1ccccc1Br)c1c(Cl)ccc(F)c1F. The lowest BCUT2D eigenvalue weighted by Gasteiger charge is -2.15. The van der Waals surface area contributed by atoms with Crippen molar-refractivity contribution in [2.75, 3.05) is 0 Å². The standard InChI is InChI=1S/C13H8BrClF2O/c14-8-4-2-1-3-7(8)13(18)11-9(15)5-6-10(16)12(11)17/h1-6,13,18H.